The number of fused-ring (bicyclic) bond motifs is 3. The van der Waals surface area contributed by atoms with Gasteiger partial charge in [0.05, 0.1) is 31.1 Å². The van der Waals surface area contributed by atoms with Crippen molar-refractivity contribution in [2.75, 3.05) is 27.3 Å². The minimum absolute atomic E-state index is 0.0471. The fraction of sp³-hybridized carbons (Fsp3) is 0.548. The lowest BCUT2D eigenvalue weighted by Crippen LogP contribution is -2.37. The first-order chi connectivity index (χ1) is 19.3. The molecule has 0 saturated heterocycles. The lowest BCUT2D eigenvalue weighted by molar-refractivity contribution is -0.138. The molecule has 0 radical (unpaired) electrons. The average molecular weight is 548 g/mol. The van der Waals surface area contributed by atoms with E-state index >= 15 is 0 Å². The Morgan fingerprint density at radius 1 is 1.15 bits per heavy atom. The summed E-state index contributed by atoms with van der Waals surface area (Å²) >= 11 is 0. The van der Waals surface area contributed by atoms with Crippen molar-refractivity contribution in [2.45, 2.75) is 64.0 Å². The van der Waals surface area contributed by atoms with Crippen molar-refractivity contribution in [1.82, 2.24) is 9.88 Å². The van der Waals surface area contributed by atoms with E-state index in [2.05, 4.69) is 12.2 Å². The second-order valence-corrected chi connectivity index (χ2v) is 11.4. The van der Waals surface area contributed by atoms with Gasteiger partial charge in [-0.15, -0.1) is 0 Å². The SMILES string of the molecule is CCOc1cc(O[C@H]2C[C@H]3C(=O)N(C)CCCC/C=C\[C@@H]4C[C@@]45N=C(OC5=O)[C@@H]3C2)c2ccc(OC)c(C)c2n1. The first-order valence-corrected chi connectivity index (χ1v) is 14.4. The molecule has 2 fully saturated rings. The van der Waals surface area contributed by atoms with Gasteiger partial charge in [-0.25, -0.2) is 14.8 Å². The number of hydrogen-bond acceptors (Lipinski definition) is 8. The van der Waals surface area contributed by atoms with Crippen molar-refractivity contribution >= 4 is 28.7 Å². The smallest absolute Gasteiger partial charge is 0.341 e. The van der Waals surface area contributed by atoms with E-state index in [1.807, 2.05) is 44.0 Å². The van der Waals surface area contributed by atoms with E-state index in [1.54, 1.807) is 7.11 Å². The lowest BCUT2D eigenvalue weighted by atomic mass is 9.94. The number of ether oxygens (including phenoxy) is 4. The Bertz CT molecular complexity index is 1400. The van der Waals surface area contributed by atoms with Gasteiger partial charge in [-0.05, 0) is 64.5 Å². The number of benzene rings is 1. The summed E-state index contributed by atoms with van der Waals surface area (Å²) in [5.74, 6) is 1.37. The van der Waals surface area contributed by atoms with Crippen LogP contribution in [0.1, 0.15) is 51.0 Å². The van der Waals surface area contributed by atoms with E-state index < -0.39 is 5.54 Å². The number of rotatable bonds is 5. The highest BCUT2D eigenvalue weighted by atomic mass is 16.6. The van der Waals surface area contributed by atoms with Crippen LogP contribution in [0, 0.1) is 24.7 Å². The molecule has 1 aromatic heterocycles. The molecule has 5 atom stereocenters. The number of aryl methyl sites for hydroxylation is 1. The standard InChI is InChI=1S/C31H37N3O6/c1-5-38-26-16-25(21-11-12-24(37-4)18(2)27(21)32-26)39-20-14-22-23(15-20)29(35)34(3)13-9-7-6-8-10-19-17-31(19)30(36)40-28(22)33-31/h8,10-12,16,19-20,22-23H,5-7,9,13-15,17H2,1-4H3/b10-8-/t19-,20-,22-,23-,31-/m1/s1. The van der Waals surface area contributed by atoms with Gasteiger partial charge >= 0.3 is 5.97 Å². The van der Waals surface area contributed by atoms with Gasteiger partial charge in [-0.1, -0.05) is 12.2 Å². The molecule has 2 aliphatic carbocycles. The highest BCUT2D eigenvalue weighted by molar-refractivity contribution is 6.04. The van der Waals surface area contributed by atoms with Crippen molar-refractivity contribution in [1.29, 1.82) is 0 Å². The molecule has 2 bridgehead atoms. The molecule has 1 amide bonds. The zero-order chi connectivity index (χ0) is 28.0. The normalized spacial score (nSPS) is 30.6. The van der Waals surface area contributed by atoms with Crippen LogP contribution in [0.3, 0.4) is 0 Å². The van der Waals surface area contributed by atoms with Gasteiger partial charge in [-0.2, -0.15) is 0 Å². The van der Waals surface area contributed by atoms with Crippen LogP contribution in [0.4, 0.5) is 0 Å². The third kappa shape index (κ3) is 4.59. The lowest BCUT2D eigenvalue weighted by Gasteiger charge is -2.24. The Morgan fingerprint density at radius 2 is 1.98 bits per heavy atom. The van der Waals surface area contributed by atoms with E-state index in [0.29, 0.717) is 49.9 Å². The van der Waals surface area contributed by atoms with Crippen LogP contribution < -0.4 is 14.2 Å². The summed E-state index contributed by atoms with van der Waals surface area (Å²) in [5.41, 5.74) is 0.837. The summed E-state index contributed by atoms with van der Waals surface area (Å²) in [5, 5.41) is 0.847. The molecule has 2 saturated carbocycles. The molecule has 212 valence electrons. The van der Waals surface area contributed by atoms with E-state index in [1.165, 1.54) is 0 Å². The zero-order valence-corrected chi connectivity index (χ0v) is 23.6. The fourth-order valence-corrected chi connectivity index (χ4v) is 6.45. The third-order valence-corrected chi connectivity index (χ3v) is 8.79. The number of hydrogen-bond donors (Lipinski definition) is 0. The number of carbonyl (C=O) groups excluding carboxylic acids is 2. The van der Waals surface area contributed by atoms with Crippen LogP contribution in [0.15, 0.2) is 35.3 Å². The molecule has 1 aromatic carbocycles. The summed E-state index contributed by atoms with van der Waals surface area (Å²) in [7, 11) is 3.50. The molecular weight excluding hydrogens is 510 g/mol. The largest absolute Gasteiger partial charge is 0.496 e. The second-order valence-electron chi connectivity index (χ2n) is 11.4. The molecule has 3 heterocycles. The van der Waals surface area contributed by atoms with Crippen LogP contribution in [-0.2, 0) is 14.3 Å². The van der Waals surface area contributed by atoms with E-state index in [-0.39, 0.29) is 35.7 Å². The monoisotopic (exact) mass is 547 g/mol. The van der Waals surface area contributed by atoms with Gasteiger partial charge in [0.25, 0.3) is 0 Å². The van der Waals surface area contributed by atoms with E-state index in [9.17, 15) is 9.59 Å². The minimum atomic E-state index is -0.807. The van der Waals surface area contributed by atoms with Gasteiger partial charge in [0.2, 0.25) is 11.8 Å². The molecule has 9 heteroatoms. The van der Waals surface area contributed by atoms with Crippen molar-refractivity contribution in [3.05, 3.63) is 35.9 Å². The Morgan fingerprint density at radius 3 is 2.77 bits per heavy atom. The molecule has 6 rings (SSSR count). The number of methoxy groups -OCH3 is 1. The van der Waals surface area contributed by atoms with E-state index in [4.69, 9.17) is 28.9 Å². The van der Waals surface area contributed by atoms with Crippen molar-refractivity contribution in [2.24, 2.45) is 22.7 Å². The summed E-state index contributed by atoms with van der Waals surface area (Å²) in [4.78, 5) is 38.1. The van der Waals surface area contributed by atoms with Crippen molar-refractivity contribution < 1.29 is 28.5 Å². The van der Waals surface area contributed by atoms with Crippen molar-refractivity contribution in [3.63, 3.8) is 0 Å². The third-order valence-electron chi connectivity index (χ3n) is 8.79. The molecular formula is C31H37N3O6. The topological polar surface area (TPSA) is 99.6 Å². The Kier molecular flexibility index (Phi) is 6.92. The van der Waals surface area contributed by atoms with Gasteiger partial charge in [-0.3, -0.25) is 4.79 Å². The molecule has 40 heavy (non-hydrogen) atoms. The number of pyridine rings is 1. The quantitative estimate of drug-likeness (QED) is 0.397. The number of carbonyl (C=O) groups is 2. The van der Waals surface area contributed by atoms with Gasteiger partial charge in [0.15, 0.2) is 11.4 Å². The maximum absolute atomic E-state index is 13.7. The number of esters is 1. The number of allylic oxidation sites excluding steroid dienone is 1. The molecule has 2 aliphatic heterocycles. The zero-order valence-electron chi connectivity index (χ0n) is 23.6. The Balaban J connectivity index is 1.33. The molecule has 2 aromatic rings. The first kappa shape index (κ1) is 26.6. The number of aliphatic imine (C=N–C) groups is 1. The van der Waals surface area contributed by atoms with Crippen LogP contribution in [0.25, 0.3) is 10.9 Å². The number of aromatic nitrogens is 1. The maximum atomic E-state index is 13.7. The molecule has 0 N–H and O–H groups in total. The summed E-state index contributed by atoms with van der Waals surface area (Å²) < 4.78 is 23.7. The molecule has 0 unspecified atom stereocenters. The van der Waals surface area contributed by atoms with E-state index in [0.717, 1.165) is 41.5 Å². The Labute approximate surface area is 234 Å². The summed E-state index contributed by atoms with van der Waals surface area (Å²) in [6.07, 6.45) is 8.53. The number of nitrogens with zero attached hydrogens (tertiary/aromatic N) is 3. The number of amides is 1. The van der Waals surface area contributed by atoms with Crippen LogP contribution in [-0.4, -0.2) is 66.6 Å². The highest BCUT2D eigenvalue weighted by Gasteiger charge is 2.65. The van der Waals surface area contributed by atoms with Gasteiger partial charge < -0.3 is 23.8 Å². The molecule has 9 nitrogen and oxygen atoms in total. The second kappa shape index (κ2) is 10.4. The highest BCUT2D eigenvalue weighted by Crippen LogP contribution is 2.53. The van der Waals surface area contributed by atoms with Crippen molar-refractivity contribution in [3.8, 4) is 17.4 Å². The fourth-order valence-electron chi connectivity index (χ4n) is 6.45. The predicted octanol–water partition coefficient (Wildman–Crippen LogP) is 4.64. The minimum Gasteiger partial charge on any atom is -0.496 e. The van der Waals surface area contributed by atoms with Gasteiger partial charge in [0.1, 0.15) is 17.6 Å². The summed E-state index contributed by atoms with van der Waals surface area (Å²) in [6, 6.07) is 5.66. The first-order valence-electron chi connectivity index (χ1n) is 14.4. The predicted molar refractivity (Wildman–Crippen MR) is 150 cm³/mol. The van der Waals surface area contributed by atoms with Crippen LogP contribution in [0.5, 0.6) is 17.4 Å². The molecule has 1 spiro atoms. The van der Waals surface area contributed by atoms with Crippen LogP contribution >= 0.6 is 0 Å². The molecule has 4 aliphatic rings. The van der Waals surface area contributed by atoms with Crippen LogP contribution in [0.2, 0.25) is 0 Å². The van der Waals surface area contributed by atoms with Gasteiger partial charge in [0, 0.05) is 36.5 Å². The Hall–Kier alpha value is -3.62. The summed E-state index contributed by atoms with van der Waals surface area (Å²) in [6.45, 7) is 5.04. The maximum Gasteiger partial charge on any atom is 0.341 e. The average Bonchev–Trinajstić information content (AvgIpc) is 3.30.